The summed E-state index contributed by atoms with van der Waals surface area (Å²) in [6.45, 7) is 1.13. The van der Waals surface area contributed by atoms with E-state index in [9.17, 15) is 23.3 Å². The minimum atomic E-state index is -3.96. The average Bonchev–Trinajstić information content (AvgIpc) is 2.35. The van der Waals surface area contributed by atoms with Crippen LogP contribution in [0.4, 0.5) is 5.69 Å². The zero-order chi connectivity index (χ0) is 15.5. The molecule has 8 nitrogen and oxygen atoms in total. The van der Waals surface area contributed by atoms with E-state index >= 15 is 0 Å². The molecule has 20 heavy (non-hydrogen) atoms. The van der Waals surface area contributed by atoms with Gasteiger partial charge in [-0.2, -0.15) is 0 Å². The van der Waals surface area contributed by atoms with E-state index in [1.54, 1.807) is 0 Å². The molecule has 0 saturated carbocycles. The van der Waals surface area contributed by atoms with Crippen LogP contribution in [-0.2, 0) is 14.8 Å². The number of sulfonamides is 1. The molecular formula is C11H14N2O6S. The van der Waals surface area contributed by atoms with E-state index in [0.29, 0.717) is 0 Å². The molecule has 1 N–H and O–H groups in total. The molecule has 0 saturated heterocycles. The van der Waals surface area contributed by atoms with Crippen LogP contribution < -0.4 is 0 Å². The standard InChI is InChI=1S/C11H14N2O6S/c1-8-9(13(16)17)4-3-5-10(8)20(18,19)12(2)7-6-11(14)15/h3-5H,6-7H2,1-2H3,(H,14,15). The third-order valence-corrected chi connectivity index (χ3v) is 4.78. The first kappa shape index (κ1) is 16.1. The van der Waals surface area contributed by atoms with Crippen LogP contribution in [0.2, 0.25) is 0 Å². The van der Waals surface area contributed by atoms with Crippen molar-refractivity contribution >= 4 is 21.7 Å². The fourth-order valence-corrected chi connectivity index (χ4v) is 3.03. The molecule has 1 rings (SSSR count). The summed E-state index contributed by atoms with van der Waals surface area (Å²) in [6, 6.07) is 3.75. The molecule has 110 valence electrons. The molecule has 0 spiro atoms. The number of nitro benzene ring substituents is 1. The first-order valence-electron chi connectivity index (χ1n) is 5.60. The first-order valence-corrected chi connectivity index (χ1v) is 7.04. The normalized spacial score (nSPS) is 11.6. The Hall–Kier alpha value is -2.00. The van der Waals surface area contributed by atoms with Crippen LogP contribution in [0.5, 0.6) is 0 Å². The number of hydrogen-bond donors (Lipinski definition) is 1. The van der Waals surface area contributed by atoms with Crippen molar-refractivity contribution < 1.29 is 23.2 Å². The zero-order valence-corrected chi connectivity index (χ0v) is 11.8. The van der Waals surface area contributed by atoms with Crippen molar-refractivity contribution in [2.45, 2.75) is 18.2 Å². The van der Waals surface area contributed by atoms with E-state index in [0.717, 1.165) is 4.31 Å². The van der Waals surface area contributed by atoms with E-state index in [1.165, 1.54) is 32.2 Å². The Morgan fingerprint density at radius 1 is 1.45 bits per heavy atom. The first-order chi connectivity index (χ1) is 9.17. The summed E-state index contributed by atoms with van der Waals surface area (Å²) in [5, 5.41) is 19.4. The molecule has 0 aromatic heterocycles. The Balaban J connectivity index is 3.19. The Labute approximate surface area is 115 Å². The lowest BCUT2D eigenvalue weighted by Gasteiger charge is -2.17. The van der Waals surface area contributed by atoms with Crippen molar-refractivity contribution in [1.29, 1.82) is 0 Å². The largest absolute Gasteiger partial charge is 0.481 e. The second-order valence-corrected chi connectivity index (χ2v) is 6.14. The van der Waals surface area contributed by atoms with Crippen molar-refractivity contribution in [3.8, 4) is 0 Å². The summed E-state index contributed by atoms with van der Waals surface area (Å²) in [7, 11) is -2.72. The van der Waals surface area contributed by atoms with Crippen LogP contribution in [0.3, 0.4) is 0 Å². The Bertz CT molecular complexity index is 640. The van der Waals surface area contributed by atoms with Gasteiger partial charge in [0.1, 0.15) is 0 Å². The molecule has 9 heteroatoms. The van der Waals surface area contributed by atoms with Gasteiger partial charge in [0.15, 0.2) is 0 Å². The van der Waals surface area contributed by atoms with Gasteiger partial charge in [0.05, 0.1) is 16.2 Å². The Morgan fingerprint density at radius 2 is 2.05 bits per heavy atom. The van der Waals surface area contributed by atoms with Gasteiger partial charge in [0.2, 0.25) is 10.0 Å². The lowest BCUT2D eigenvalue weighted by molar-refractivity contribution is -0.385. The molecule has 0 unspecified atom stereocenters. The maximum absolute atomic E-state index is 12.3. The van der Waals surface area contributed by atoms with Gasteiger partial charge in [-0.25, -0.2) is 12.7 Å². The second-order valence-electron chi connectivity index (χ2n) is 4.13. The highest BCUT2D eigenvalue weighted by Gasteiger charge is 2.26. The van der Waals surface area contributed by atoms with Crippen LogP contribution in [0, 0.1) is 17.0 Å². The smallest absolute Gasteiger partial charge is 0.304 e. The van der Waals surface area contributed by atoms with Gasteiger partial charge in [-0.15, -0.1) is 0 Å². The van der Waals surface area contributed by atoms with E-state index < -0.39 is 20.9 Å². The number of nitrogens with zero attached hydrogens (tertiary/aromatic N) is 2. The predicted octanol–water partition coefficient (Wildman–Crippen LogP) is 0.998. The molecule has 0 aliphatic carbocycles. The number of hydrogen-bond acceptors (Lipinski definition) is 5. The molecule has 0 aliphatic rings. The summed E-state index contributed by atoms with van der Waals surface area (Å²) in [5.74, 6) is -1.12. The summed E-state index contributed by atoms with van der Waals surface area (Å²) in [5.41, 5.74) is -0.266. The highest BCUT2D eigenvalue weighted by molar-refractivity contribution is 7.89. The number of rotatable bonds is 6. The molecule has 0 fully saturated rings. The number of carbonyl (C=O) groups is 1. The maximum atomic E-state index is 12.3. The molecule has 0 radical (unpaired) electrons. The lowest BCUT2D eigenvalue weighted by Crippen LogP contribution is -2.29. The zero-order valence-electron chi connectivity index (χ0n) is 10.9. The molecule has 0 aliphatic heterocycles. The molecule has 0 atom stereocenters. The SMILES string of the molecule is Cc1c([N+](=O)[O-])cccc1S(=O)(=O)N(C)CCC(=O)O. The lowest BCUT2D eigenvalue weighted by atomic mass is 10.2. The van der Waals surface area contributed by atoms with Crippen LogP contribution in [0.1, 0.15) is 12.0 Å². The van der Waals surface area contributed by atoms with Gasteiger partial charge in [-0.3, -0.25) is 14.9 Å². The van der Waals surface area contributed by atoms with Crippen molar-refractivity contribution in [3.05, 3.63) is 33.9 Å². The number of carboxylic acid groups (broad SMARTS) is 1. The predicted molar refractivity (Wildman–Crippen MR) is 69.9 cm³/mol. The molecule has 1 aromatic carbocycles. The third-order valence-electron chi connectivity index (χ3n) is 2.78. The maximum Gasteiger partial charge on any atom is 0.304 e. The topological polar surface area (TPSA) is 118 Å². The molecule has 0 heterocycles. The van der Waals surface area contributed by atoms with E-state index in [4.69, 9.17) is 5.11 Å². The molecular weight excluding hydrogens is 288 g/mol. The highest BCUT2D eigenvalue weighted by Crippen LogP contribution is 2.26. The second kappa shape index (κ2) is 5.97. The van der Waals surface area contributed by atoms with E-state index in [2.05, 4.69) is 0 Å². The summed E-state index contributed by atoms with van der Waals surface area (Å²) in [6.07, 6.45) is -0.344. The van der Waals surface area contributed by atoms with Gasteiger partial charge in [0.25, 0.3) is 5.69 Å². The fourth-order valence-electron chi connectivity index (χ4n) is 1.62. The third kappa shape index (κ3) is 3.31. The Kier molecular flexibility index (Phi) is 4.79. The van der Waals surface area contributed by atoms with Crippen molar-refractivity contribution in [2.24, 2.45) is 0 Å². The molecule has 0 amide bonds. The van der Waals surface area contributed by atoms with E-state index in [1.807, 2.05) is 0 Å². The van der Waals surface area contributed by atoms with Crippen LogP contribution in [0.15, 0.2) is 23.1 Å². The van der Waals surface area contributed by atoms with Gasteiger partial charge >= 0.3 is 5.97 Å². The van der Waals surface area contributed by atoms with Crippen molar-refractivity contribution in [2.75, 3.05) is 13.6 Å². The monoisotopic (exact) mass is 302 g/mol. The quantitative estimate of drug-likeness (QED) is 0.618. The van der Waals surface area contributed by atoms with Crippen LogP contribution >= 0.6 is 0 Å². The van der Waals surface area contributed by atoms with Crippen LogP contribution in [-0.4, -0.2) is 42.3 Å². The number of aliphatic carboxylic acids is 1. The summed E-state index contributed by atoms with van der Waals surface area (Å²) < 4.78 is 25.4. The van der Waals surface area contributed by atoms with Crippen LogP contribution in [0.25, 0.3) is 0 Å². The van der Waals surface area contributed by atoms with Gasteiger partial charge in [0, 0.05) is 25.2 Å². The fraction of sp³-hybridized carbons (Fsp3) is 0.364. The molecule has 0 bridgehead atoms. The van der Waals surface area contributed by atoms with E-state index in [-0.39, 0.29) is 29.1 Å². The summed E-state index contributed by atoms with van der Waals surface area (Å²) >= 11 is 0. The van der Waals surface area contributed by atoms with Gasteiger partial charge < -0.3 is 5.11 Å². The number of nitro groups is 1. The molecule has 1 aromatic rings. The van der Waals surface area contributed by atoms with Gasteiger partial charge in [-0.05, 0) is 13.0 Å². The average molecular weight is 302 g/mol. The van der Waals surface area contributed by atoms with Crippen molar-refractivity contribution in [3.63, 3.8) is 0 Å². The number of carboxylic acids is 1. The minimum absolute atomic E-state index is 0.0275. The highest BCUT2D eigenvalue weighted by atomic mass is 32.2. The summed E-state index contributed by atoms with van der Waals surface area (Å²) in [4.78, 5) is 20.4. The van der Waals surface area contributed by atoms with Gasteiger partial charge in [-0.1, -0.05) is 6.07 Å². The minimum Gasteiger partial charge on any atom is -0.481 e. The Morgan fingerprint density at radius 3 is 2.55 bits per heavy atom. The number of benzene rings is 1. The van der Waals surface area contributed by atoms with Crippen molar-refractivity contribution in [1.82, 2.24) is 4.31 Å².